The van der Waals surface area contributed by atoms with Crippen LogP contribution in [0.1, 0.15) is 175 Å². The Labute approximate surface area is 368 Å². The average Bonchev–Trinajstić information content (AvgIpc) is 3.22. The Hall–Kier alpha value is 0.987. The van der Waals surface area contributed by atoms with E-state index < -0.39 is 0 Å². The van der Waals surface area contributed by atoms with Crippen LogP contribution in [0.15, 0.2) is 0 Å². The van der Waals surface area contributed by atoms with Crippen LogP contribution in [0.3, 0.4) is 0 Å². The second kappa shape index (κ2) is 14.5. The zero-order chi connectivity index (χ0) is 37.1. The molecule has 1 heteroatoms. The minimum atomic E-state index is 0. The molecule has 25 unspecified atom stereocenters. The van der Waals surface area contributed by atoms with E-state index in [1.807, 2.05) is 0 Å². The van der Waals surface area contributed by atoms with Gasteiger partial charge in [0.1, 0.15) is 0 Å². The van der Waals surface area contributed by atoms with Crippen molar-refractivity contribution >= 4 is 0 Å². The smallest absolute Gasteiger partial charge is 0 e. The molecule has 0 aromatic rings. The number of hydrogen-bond acceptors (Lipinski definition) is 0. The van der Waals surface area contributed by atoms with Crippen LogP contribution in [-0.2, 0) is 0 Å². The normalized spacial score (nSPS) is 62.9. The quantitative estimate of drug-likeness (QED) is 0.242. The van der Waals surface area contributed by atoms with E-state index in [1.165, 1.54) is 38.5 Å². The molecule has 0 heterocycles. The van der Waals surface area contributed by atoms with E-state index in [0.717, 1.165) is 142 Å². The molecule has 0 aromatic heterocycles. The van der Waals surface area contributed by atoms with E-state index in [0.29, 0.717) is 10.8 Å². The van der Waals surface area contributed by atoms with Crippen LogP contribution < -0.4 is 0 Å². The third kappa shape index (κ3) is 5.17. The first kappa shape index (κ1) is 39.8. The Balaban J connectivity index is 0.000000128. The molecule has 314 valence electrons. The van der Waals surface area contributed by atoms with Crippen LogP contribution in [0.2, 0.25) is 0 Å². The van der Waals surface area contributed by atoms with E-state index >= 15 is 0 Å². The maximum atomic E-state index is 5.29. The fourth-order valence-electron chi connectivity index (χ4n) is 24.0. The second-order valence-electron chi connectivity index (χ2n) is 25.3. The van der Waals surface area contributed by atoms with E-state index in [-0.39, 0.29) is 29.2 Å². The predicted octanol–water partition coefficient (Wildman–Crippen LogP) is 14.6. The van der Waals surface area contributed by atoms with Crippen LogP contribution >= 0.6 is 0 Å². The Morgan fingerprint density at radius 1 is 0.446 bits per heavy atom. The first-order valence-corrected chi connectivity index (χ1v) is 26.4. The molecule has 13 fully saturated rings. The van der Waals surface area contributed by atoms with Gasteiger partial charge in [0.15, 0.2) is 0 Å². The van der Waals surface area contributed by atoms with Gasteiger partial charge in [0.25, 0.3) is 0 Å². The number of hydrogen-bond donors (Lipinski definition) is 0. The van der Waals surface area contributed by atoms with Gasteiger partial charge in [0, 0.05) is 29.2 Å². The van der Waals surface area contributed by atoms with Crippen molar-refractivity contribution in [1.29, 1.82) is 0 Å². The van der Waals surface area contributed by atoms with E-state index in [4.69, 9.17) is 6.92 Å². The fourth-order valence-corrected chi connectivity index (χ4v) is 24.0. The van der Waals surface area contributed by atoms with Crippen molar-refractivity contribution in [2.24, 2.45) is 153 Å². The summed E-state index contributed by atoms with van der Waals surface area (Å²) in [6, 6.07) is 0. The van der Waals surface area contributed by atoms with Crippen LogP contribution in [-0.4, -0.2) is 0 Å². The molecule has 0 aliphatic heterocycles. The predicted molar refractivity (Wildman–Crippen MR) is 228 cm³/mol. The summed E-state index contributed by atoms with van der Waals surface area (Å²) in [6.45, 7) is 20.4. The third-order valence-corrected chi connectivity index (χ3v) is 25.3. The minimum absolute atomic E-state index is 0. The summed E-state index contributed by atoms with van der Waals surface area (Å²) < 4.78 is 0. The molecule has 0 saturated heterocycles. The largest absolute Gasteiger partial charge is 0.343 e. The van der Waals surface area contributed by atoms with Crippen molar-refractivity contribution in [3.63, 3.8) is 0 Å². The van der Waals surface area contributed by atoms with Crippen molar-refractivity contribution in [1.82, 2.24) is 0 Å². The van der Waals surface area contributed by atoms with E-state index in [9.17, 15) is 0 Å². The van der Waals surface area contributed by atoms with Gasteiger partial charge >= 0.3 is 0 Å². The maximum absolute atomic E-state index is 5.29. The summed E-state index contributed by atoms with van der Waals surface area (Å²) in [6.07, 6.45) is 35.8. The van der Waals surface area contributed by atoms with Gasteiger partial charge in [-0.2, -0.15) is 11.8 Å². The van der Waals surface area contributed by atoms with Gasteiger partial charge in [-0.05, 0) is 214 Å². The van der Waals surface area contributed by atoms with Gasteiger partial charge in [-0.25, -0.2) is 0 Å². The zero-order valence-corrected chi connectivity index (χ0v) is 40.3. The van der Waals surface area contributed by atoms with Gasteiger partial charge in [0.2, 0.25) is 0 Å². The molecule has 13 rings (SSSR count). The maximum Gasteiger partial charge on any atom is 0 e. The monoisotopic (exact) mass is 985 g/mol. The van der Waals surface area contributed by atoms with Gasteiger partial charge in [0.05, 0.1) is 0 Å². The second-order valence-corrected chi connectivity index (χ2v) is 25.3. The molecule has 26 atom stereocenters. The SMILES string of the molecule is [CH2-]C12CCCC3CCC4CCC5C6CCCC7CCC8CCC1C(C8C76)C5C4C32.[CH2-]C[C@@]1(CC)C(C)C(C)C2C(C)C3CCCC4CCC5CCC1C2C5C43.[Pu]. The number of rotatable bonds is 2. The van der Waals surface area contributed by atoms with Crippen LogP contribution in [0, 0.1) is 196 Å². The molecular weight excluding hydrogens is 905 g/mol. The zero-order valence-electron chi connectivity index (χ0n) is 36.9. The Morgan fingerprint density at radius 3 is 1.61 bits per heavy atom. The summed E-state index contributed by atoms with van der Waals surface area (Å²) >= 11 is 0. The van der Waals surface area contributed by atoms with Gasteiger partial charge in [-0.1, -0.05) is 103 Å². The minimum Gasteiger partial charge on any atom is -0.343 e. The summed E-state index contributed by atoms with van der Waals surface area (Å²) in [4.78, 5) is 0. The molecule has 0 bridgehead atoms. The molecule has 56 heavy (non-hydrogen) atoms. The summed E-state index contributed by atoms with van der Waals surface area (Å²) in [5, 5.41) is 0. The van der Waals surface area contributed by atoms with Crippen LogP contribution in [0.5, 0.6) is 0 Å². The Morgan fingerprint density at radius 2 is 0.946 bits per heavy atom. The van der Waals surface area contributed by atoms with E-state index in [2.05, 4.69) is 34.6 Å². The molecule has 0 amide bonds. The molecule has 0 N–H and O–H groups in total. The van der Waals surface area contributed by atoms with Crippen LogP contribution in [0.25, 0.3) is 0 Å². The van der Waals surface area contributed by atoms with E-state index in [1.54, 1.807) is 109 Å². The van der Waals surface area contributed by atoms with Gasteiger partial charge in [-0.15, -0.1) is 0 Å². The molecule has 0 nitrogen and oxygen atoms in total. The Bertz CT molecular complexity index is 1440. The molecule has 13 aliphatic rings. The molecule has 0 aromatic carbocycles. The van der Waals surface area contributed by atoms with Gasteiger partial charge in [-0.3, -0.25) is 0 Å². The molecular formula is C55H86Pu-2. The summed E-state index contributed by atoms with van der Waals surface area (Å²) in [7, 11) is 0. The first-order chi connectivity index (χ1) is 26.8. The van der Waals surface area contributed by atoms with Crippen molar-refractivity contribution in [3.05, 3.63) is 13.8 Å². The van der Waals surface area contributed by atoms with Crippen molar-refractivity contribution in [2.45, 2.75) is 175 Å². The Kier molecular flexibility index (Phi) is 10.3. The van der Waals surface area contributed by atoms with Crippen molar-refractivity contribution in [2.75, 3.05) is 0 Å². The third-order valence-electron chi connectivity index (χ3n) is 25.3. The first-order valence-electron chi connectivity index (χ1n) is 26.4. The fraction of sp³-hybridized carbons (Fsp3) is 0.964. The van der Waals surface area contributed by atoms with Crippen molar-refractivity contribution < 1.29 is 29.2 Å². The van der Waals surface area contributed by atoms with Crippen molar-refractivity contribution in [3.8, 4) is 0 Å². The molecule has 13 saturated carbocycles. The average molecular weight is 991 g/mol. The van der Waals surface area contributed by atoms with Gasteiger partial charge < -0.3 is 13.8 Å². The summed E-state index contributed by atoms with van der Waals surface area (Å²) in [5.41, 5.74) is 1.04. The standard InChI is InChI=1S/C29H43.C26H43.Pu/c1-29-15-3-5-19-10-9-18-11-13-21-20-6-2-4-16-7-8-17-12-14-22(29)27(24(17)23(16)20)26(21)25(18)28(19)29;1-6-26(7-2)17(5)15(3)22-16(4)20-10-8-9-18-11-12-19-13-14-21(26)25(22)24(19)23(18)20;/h16-28H,1-15H2;15-25H,1,6-14H2,2-5H3;/q2*-1;/t;15?,16?,17?,18?,19?,20?,21?,22?,23?,24?,25?,26-;/m.1./s1. The topological polar surface area (TPSA) is 0 Å². The molecule has 0 spiro atoms. The molecule has 13 aliphatic carbocycles. The molecule has 0 radical (unpaired) electrons. The number of fused-ring (bicyclic) bond motifs is 2. The van der Waals surface area contributed by atoms with Crippen LogP contribution in [0.4, 0.5) is 0 Å². The summed E-state index contributed by atoms with van der Waals surface area (Å²) in [5.74, 6) is 25.8.